The average Bonchev–Trinajstić information content (AvgIpc) is 3.10. The fourth-order valence-electron chi connectivity index (χ4n) is 2.49. The molecule has 0 spiro atoms. The van der Waals surface area contributed by atoms with E-state index >= 15 is 0 Å². The van der Waals surface area contributed by atoms with E-state index in [2.05, 4.69) is 4.98 Å². The van der Waals surface area contributed by atoms with Gasteiger partial charge in [-0.25, -0.2) is 13.4 Å². The molecule has 0 bridgehead atoms. The number of rotatable bonds is 7. The minimum atomic E-state index is -3.42. The number of carbonyl (C=O) groups is 1. The Morgan fingerprint density at radius 2 is 1.91 bits per heavy atom. The lowest BCUT2D eigenvalue weighted by Crippen LogP contribution is -2.31. The lowest BCUT2D eigenvalue weighted by Gasteiger charge is -2.18. The molecule has 23 heavy (non-hydrogen) atoms. The highest BCUT2D eigenvalue weighted by atomic mass is 32.2. The third kappa shape index (κ3) is 4.45. The highest BCUT2D eigenvalue weighted by molar-refractivity contribution is 7.99. The normalized spacial score (nSPS) is 15.7. The zero-order valence-electron chi connectivity index (χ0n) is 13.6. The minimum Gasteiger partial charge on any atom is -0.343 e. The molecule has 1 aliphatic rings. The molecule has 1 amide bonds. The summed E-state index contributed by atoms with van der Waals surface area (Å²) in [7, 11) is -3.42. The highest BCUT2D eigenvalue weighted by Gasteiger charge is 2.27. The van der Waals surface area contributed by atoms with E-state index in [0.717, 1.165) is 12.8 Å². The van der Waals surface area contributed by atoms with Gasteiger partial charge in [-0.1, -0.05) is 11.8 Å². The molecule has 1 aromatic rings. The van der Waals surface area contributed by atoms with E-state index in [1.54, 1.807) is 17.0 Å². The molecule has 0 radical (unpaired) electrons. The van der Waals surface area contributed by atoms with Crippen LogP contribution in [0.25, 0.3) is 0 Å². The smallest absolute Gasteiger partial charge is 0.244 e. The van der Waals surface area contributed by atoms with Gasteiger partial charge in [0.25, 0.3) is 0 Å². The summed E-state index contributed by atoms with van der Waals surface area (Å²) in [5.74, 6) is 0.378. The molecule has 8 heteroatoms. The SMILES string of the molecule is CCN(CC)C(=O)CSc1ccc(S(=O)(=O)N2CCCC2)cn1. The maximum atomic E-state index is 12.4. The van der Waals surface area contributed by atoms with E-state index < -0.39 is 10.0 Å². The van der Waals surface area contributed by atoms with Gasteiger partial charge in [-0.2, -0.15) is 4.31 Å². The summed E-state index contributed by atoms with van der Waals surface area (Å²) in [6.07, 6.45) is 3.21. The molecule has 2 rings (SSSR count). The van der Waals surface area contributed by atoms with Crippen LogP contribution in [-0.2, 0) is 14.8 Å². The quantitative estimate of drug-likeness (QED) is 0.696. The van der Waals surface area contributed by atoms with E-state index in [-0.39, 0.29) is 10.8 Å². The largest absolute Gasteiger partial charge is 0.343 e. The van der Waals surface area contributed by atoms with Gasteiger partial charge in [0.05, 0.1) is 10.8 Å². The predicted molar refractivity (Wildman–Crippen MR) is 90.9 cm³/mol. The summed E-state index contributed by atoms with van der Waals surface area (Å²) in [5.41, 5.74) is 0. The lowest BCUT2D eigenvalue weighted by atomic mass is 10.4. The van der Waals surface area contributed by atoms with Crippen molar-refractivity contribution in [2.24, 2.45) is 0 Å². The van der Waals surface area contributed by atoms with Crippen molar-refractivity contribution < 1.29 is 13.2 Å². The number of sulfonamides is 1. The van der Waals surface area contributed by atoms with Crippen molar-refractivity contribution in [2.45, 2.75) is 36.6 Å². The van der Waals surface area contributed by atoms with Gasteiger partial charge in [0.2, 0.25) is 15.9 Å². The van der Waals surface area contributed by atoms with E-state index in [1.807, 2.05) is 13.8 Å². The first-order chi connectivity index (χ1) is 11.0. The Morgan fingerprint density at radius 1 is 1.26 bits per heavy atom. The number of pyridine rings is 1. The van der Waals surface area contributed by atoms with Gasteiger partial charge in [0.1, 0.15) is 4.90 Å². The van der Waals surface area contributed by atoms with Gasteiger partial charge in [0, 0.05) is 32.4 Å². The highest BCUT2D eigenvalue weighted by Crippen LogP contribution is 2.22. The number of nitrogens with zero attached hydrogens (tertiary/aromatic N) is 3. The lowest BCUT2D eigenvalue weighted by molar-refractivity contribution is -0.127. The average molecular weight is 358 g/mol. The van der Waals surface area contributed by atoms with E-state index in [1.165, 1.54) is 22.3 Å². The summed E-state index contributed by atoms with van der Waals surface area (Å²) in [5, 5.41) is 0.658. The first kappa shape index (κ1) is 18.2. The second kappa shape index (κ2) is 8.12. The molecule has 0 atom stereocenters. The second-order valence-corrected chi connectivity index (χ2v) is 8.23. The van der Waals surface area contributed by atoms with Crippen LogP contribution < -0.4 is 0 Å². The van der Waals surface area contributed by atoms with Crippen molar-refractivity contribution in [1.29, 1.82) is 0 Å². The molecule has 2 heterocycles. The van der Waals surface area contributed by atoms with Crippen molar-refractivity contribution >= 4 is 27.7 Å². The molecule has 0 saturated carbocycles. The predicted octanol–water partition coefficient (Wildman–Crippen LogP) is 1.83. The summed E-state index contributed by atoms with van der Waals surface area (Å²) >= 11 is 1.33. The molecule has 6 nitrogen and oxygen atoms in total. The molecule has 0 N–H and O–H groups in total. The van der Waals surface area contributed by atoms with Crippen LogP contribution in [0.15, 0.2) is 28.3 Å². The van der Waals surface area contributed by atoms with Crippen LogP contribution in [0.2, 0.25) is 0 Å². The Kier molecular flexibility index (Phi) is 6.43. The number of thioether (sulfide) groups is 1. The first-order valence-electron chi connectivity index (χ1n) is 7.85. The van der Waals surface area contributed by atoms with Crippen molar-refractivity contribution in [2.75, 3.05) is 31.9 Å². The Morgan fingerprint density at radius 3 is 2.43 bits per heavy atom. The summed E-state index contributed by atoms with van der Waals surface area (Å²) in [4.78, 5) is 18.1. The van der Waals surface area contributed by atoms with Crippen LogP contribution in [0.5, 0.6) is 0 Å². The van der Waals surface area contributed by atoms with E-state index in [0.29, 0.717) is 37.0 Å². The van der Waals surface area contributed by atoms with Gasteiger partial charge in [-0.3, -0.25) is 4.79 Å². The number of carbonyl (C=O) groups excluding carboxylic acids is 1. The second-order valence-electron chi connectivity index (χ2n) is 5.30. The Bertz CT molecular complexity index is 622. The molecular formula is C15H23N3O3S2. The Balaban J connectivity index is 1.98. The number of hydrogen-bond donors (Lipinski definition) is 0. The zero-order chi connectivity index (χ0) is 16.9. The summed E-state index contributed by atoms with van der Waals surface area (Å²) in [6.45, 7) is 6.44. The molecule has 128 valence electrons. The number of hydrogen-bond acceptors (Lipinski definition) is 5. The van der Waals surface area contributed by atoms with Gasteiger partial charge in [0.15, 0.2) is 0 Å². The Labute approximate surface area is 142 Å². The van der Waals surface area contributed by atoms with Crippen LogP contribution in [0.1, 0.15) is 26.7 Å². The molecular weight excluding hydrogens is 334 g/mol. The molecule has 0 aromatic carbocycles. The third-order valence-corrected chi connectivity index (χ3v) is 6.68. The van der Waals surface area contributed by atoms with Crippen molar-refractivity contribution in [3.63, 3.8) is 0 Å². The van der Waals surface area contributed by atoms with Crippen LogP contribution in [0.4, 0.5) is 0 Å². The topological polar surface area (TPSA) is 70.6 Å². The molecule has 1 aliphatic heterocycles. The van der Waals surface area contributed by atoms with Crippen LogP contribution in [-0.4, -0.2) is 60.4 Å². The molecule has 0 aliphatic carbocycles. The maximum absolute atomic E-state index is 12.4. The summed E-state index contributed by atoms with van der Waals surface area (Å²) in [6, 6.07) is 3.24. The molecule has 0 unspecified atom stereocenters. The molecule has 1 fully saturated rings. The number of aromatic nitrogens is 1. The Hall–Kier alpha value is -1.12. The standard InChI is InChI=1S/C15H23N3O3S2/c1-3-17(4-2)15(19)12-22-14-8-7-13(11-16-14)23(20,21)18-9-5-6-10-18/h7-8,11H,3-6,9-10,12H2,1-2H3. The fraction of sp³-hybridized carbons (Fsp3) is 0.600. The molecule has 1 saturated heterocycles. The van der Waals surface area contributed by atoms with Gasteiger partial charge in [-0.15, -0.1) is 0 Å². The van der Waals surface area contributed by atoms with Crippen LogP contribution in [0.3, 0.4) is 0 Å². The van der Waals surface area contributed by atoms with Gasteiger partial charge >= 0.3 is 0 Å². The van der Waals surface area contributed by atoms with Gasteiger partial charge < -0.3 is 4.90 Å². The van der Waals surface area contributed by atoms with Crippen molar-refractivity contribution in [3.8, 4) is 0 Å². The van der Waals surface area contributed by atoms with Crippen molar-refractivity contribution in [3.05, 3.63) is 18.3 Å². The zero-order valence-corrected chi connectivity index (χ0v) is 15.2. The monoisotopic (exact) mass is 357 g/mol. The van der Waals surface area contributed by atoms with E-state index in [4.69, 9.17) is 0 Å². The summed E-state index contributed by atoms with van der Waals surface area (Å²) < 4.78 is 26.3. The minimum absolute atomic E-state index is 0.0653. The first-order valence-corrected chi connectivity index (χ1v) is 10.3. The van der Waals surface area contributed by atoms with Gasteiger partial charge in [-0.05, 0) is 38.8 Å². The van der Waals surface area contributed by atoms with Crippen LogP contribution in [0, 0.1) is 0 Å². The van der Waals surface area contributed by atoms with E-state index in [9.17, 15) is 13.2 Å². The number of amides is 1. The maximum Gasteiger partial charge on any atom is 0.244 e. The molecule has 1 aromatic heterocycles. The fourth-order valence-corrected chi connectivity index (χ4v) is 4.69. The van der Waals surface area contributed by atoms with Crippen LogP contribution >= 0.6 is 11.8 Å². The third-order valence-electron chi connectivity index (χ3n) is 3.87. The van der Waals surface area contributed by atoms with Crippen molar-refractivity contribution in [1.82, 2.24) is 14.2 Å².